The molecule has 0 heterocycles. The van der Waals surface area contributed by atoms with E-state index < -0.39 is 0 Å². The third-order valence-corrected chi connectivity index (χ3v) is 2.71. The van der Waals surface area contributed by atoms with Crippen LogP contribution in [0.3, 0.4) is 0 Å². The number of hydrogen-bond acceptors (Lipinski definition) is 2. The number of fused-ring (bicyclic) bond motifs is 1. The molecule has 2 aliphatic carbocycles. The van der Waals surface area contributed by atoms with Crippen LogP contribution in [0.4, 0.5) is 0 Å². The van der Waals surface area contributed by atoms with Crippen molar-refractivity contribution in [2.24, 2.45) is 11.8 Å². The maximum Gasteiger partial charge on any atom is 0.0843 e. The minimum Gasteiger partial charge on any atom is -0.302 e. The fourth-order valence-electron chi connectivity index (χ4n) is 2.07. The summed E-state index contributed by atoms with van der Waals surface area (Å²) in [7, 11) is 0. The van der Waals surface area contributed by atoms with E-state index >= 15 is 0 Å². The quantitative estimate of drug-likeness (QED) is 0.572. The van der Waals surface area contributed by atoms with Crippen LogP contribution in [0.1, 0.15) is 19.3 Å². The molecule has 0 bridgehead atoms. The Bertz CT molecular complexity index is 161. The summed E-state index contributed by atoms with van der Waals surface area (Å²) in [5, 5.41) is 11.5. The highest BCUT2D eigenvalue weighted by Gasteiger charge is 2.45. The van der Waals surface area contributed by atoms with Crippen LogP contribution in [0.5, 0.6) is 0 Å². The first-order valence-electron chi connectivity index (χ1n) is 4.00. The second-order valence-electron chi connectivity index (χ2n) is 3.46. The molecule has 2 atom stereocenters. The minimum atomic E-state index is 0.532. The third kappa shape index (κ3) is 1.02. The Hall–Kier alpha value is -0.550. The molecule has 2 rings (SSSR count). The van der Waals surface area contributed by atoms with Crippen molar-refractivity contribution in [1.29, 1.82) is 5.26 Å². The van der Waals surface area contributed by atoms with Crippen LogP contribution in [-0.2, 0) is 0 Å². The normalized spacial score (nSPS) is 42.5. The van der Waals surface area contributed by atoms with Gasteiger partial charge in [-0.15, -0.1) is 0 Å². The largest absolute Gasteiger partial charge is 0.302 e. The molecule has 0 saturated heterocycles. The van der Waals surface area contributed by atoms with Crippen molar-refractivity contribution in [2.75, 3.05) is 6.54 Å². The molecule has 2 unspecified atom stereocenters. The van der Waals surface area contributed by atoms with E-state index in [1.807, 2.05) is 0 Å². The predicted octanol–water partition coefficient (Wildman–Crippen LogP) is 0.898. The molecule has 54 valence electrons. The van der Waals surface area contributed by atoms with Gasteiger partial charge in [-0.05, 0) is 31.1 Å². The first-order valence-corrected chi connectivity index (χ1v) is 4.00. The molecule has 0 aromatic rings. The van der Waals surface area contributed by atoms with E-state index in [1.54, 1.807) is 0 Å². The molecule has 2 fully saturated rings. The molecular formula is C8H12N2. The molecule has 0 amide bonds. The van der Waals surface area contributed by atoms with Gasteiger partial charge in [-0.3, -0.25) is 0 Å². The Morgan fingerprint density at radius 1 is 1.30 bits per heavy atom. The number of rotatable bonds is 2. The van der Waals surface area contributed by atoms with E-state index in [1.165, 1.54) is 19.3 Å². The van der Waals surface area contributed by atoms with Crippen molar-refractivity contribution >= 4 is 0 Å². The third-order valence-electron chi connectivity index (χ3n) is 2.71. The van der Waals surface area contributed by atoms with Gasteiger partial charge in [-0.2, -0.15) is 5.26 Å². The highest BCUT2D eigenvalue weighted by Crippen LogP contribution is 2.51. The Morgan fingerprint density at radius 2 is 2.00 bits per heavy atom. The maximum absolute atomic E-state index is 8.29. The summed E-state index contributed by atoms with van der Waals surface area (Å²) in [4.78, 5) is 0. The lowest BCUT2D eigenvalue weighted by Crippen LogP contribution is -2.27. The maximum atomic E-state index is 8.29. The van der Waals surface area contributed by atoms with Crippen LogP contribution in [0, 0.1) is 23.2 Å². The molecular weight excluding hydrogens is 124 g/mol. The van der Waals surface area contributed by atoms with Crippen LogP contribution in [0.15, 0.2) is 0 Å². The summed E-state index contributed by atoms with van der Waals surface area (Å²) >= 11 is 0. The summed E-state index contributed by atoms with van der Waals surface area (Å²) in [5.41, 5.74) is 0. The minimum absolute atomic E-state index is 0.532. The smallest absolute Gasteiger partial charge is 0.0843 e. The van der Waals surface area contributed by atoms with E-state index in [4.69, 9.17) is 5.26 Å². The summed E-state index contributed by atoms with van der Waals surface area (Å²) in [5.74, 6) is 2.05. The molecule has 2 nitrogen and oxygen atoms in total. The molecule has 2 aliphatic rings. The van der Waals surface area contributed by atoms with Crippen molar-refractivity contribution in [3.8, 4) is 6.07 Å². The van der Waals surface area contributed by atoms with Crippen LogP contribution in [0.25, 0.3) is 0 Å². The van der Waals surface area contributed by atoms with Gasteiger partial charge in [0.2, 0.25) is 0 Å². The SMILES string of the molecule is N#CCNC1CC2CC2C1. The molecule has 0 aromatic carbocycles. The monoisotopic (exact) mass is 136 g/mol. The topological polar surface area (TPSA) is 35.8 Å². The molecule has 0 spiro atoms. The zero-order valence-electron chi connectivity index (χ0n) is 6.01. The molecule has 0 aromatic heterocycles. The Labute approximate surface area is 61.2 Å². The van der Waals surface area contributed by atoms with E-state index in [9.17, 15) is 0 Å². The van der Waals surface area contributed by atoms with Crippen molar-refractivity contribution in [2.45, 2.75) is 25.3 Å². The number of nitrogens with zero attached hydrogens (tertiary/aromatic N) is 1. The van der Waals surface area contributed by atoms with Crippen LogP contribution in [-0.4, -0.2) is 12.6 Å². The van der Waals surface area contributed by atoms with Crippen LogP contribution < -0.4 is 5.32 Å². The second-order valence-corrected chi connectivity index (χ2v) is 3.46. The van der Waals surface area contributed by atoms with Crippen LogP contribution >= 0.6 is 0 Å². The van der Waals surface area contributed by atoms with Gasteiger partial charge in [0, 0.05) is 6.04 Å². The van der Waals surface area contributed by atoms with Gasteiger partial charge in [-0.1, -0.05) is 0 Å². The van der Waals surface area contributed by atoms with E-state index in [0.29, 0.717) is 12.6 Å². The first kappa shape index (κ1) is 6.18. The van der Waals surface area contributed by atoms with Gasteiger partial charge in [0.25, 0.3) is 0 Å². The van der Waals surface area contributed by atoms with Crippen molar-refractivity contribution in [1.82, 2.24) is 5.32 Å². The molecule has 2 saturated carbocycles. The average molecular weight is 136 g/mol. The fourth-order valence-corrected chi connectivity index (χ4v) is 2.07. The lowest BCUT2D eigenvalue weighted by atomic mass is 10.2. The molecule has 0 aliphatic heterocycles. The van der Waals surface area contributed by atoms with E-state index in [-0.39, 0.29) is 0 Å². The highest BCUT2D eigenvalue weighted by molar-refractivity contribution is 4.99. The van der Waals surface area contributed by atoms with E-state index in [0.717, 1.165) is 11.8 Å². The van der Waals surface area contributed by atoms with Gasteiger partial charge in [0.05, 0.1) is 12.6 Å². The zero-order chi connectivity index (χ0) is 6.97. The molecule has 10 heavy (non-hydrogen) atoms. The standard InChI is InChI=1S/C8H12N2/c9-1-2-10-8-4-6-3-7(6)5-8/h6-8,10H,2-5H2. The Morgan fingerprint density at radius 3 is 2.60 bits per heavy atom. The van der Waals surface area contributed by atoms with Gasteiger partial charge in [-0.25, -0.2) is 0 Å². The summed E-state index contributed by atoms with van der Waals surface area (Å²) in [6.45, 7) is 0.532. The average Bonchev–Trinajstić information content (AvgIpc) is 2.56. The lowest BCUT2D eigenvalue weighted by molar-refractivity contribution is 0.507. The van der Waals surface area contributed by atoms with E-state index in [2.05, 4.69) is 11.4 Å². The van der Waals surface area contributed by atoms with Gasteiger partial charge in [0.1, 0.15) is 0 Å². The Balaban J connectivity index is 1.72. The van der Waals surface area contributed by atoms with Crippen molar-refractivity contribution in [3.05, 3.63) is 0 Å². The Kier molecular flexibility index (Phi) is 1.39. The molecule has 1 N–H and O–H groups in total. The molecule has 2 heteroatoms. The zero-order valence-corrected chi connectivity index (χ0v) is 6.01. The highest BCUT2D eigenvalue weighted by atomic mass is 14.9. The lowest BCUT2D eigenvalue weighted by Gasteiger charge is -2.09. The summed E-state index contributed by atoms with van der Waals surface area (Å²) < 4.78 is 0. The number of nitrogens with one attached hydrogen (secondary N) is 1. The van der Waals surface area contributed by atoms with Crippen molar-refractivity contribution in [3.63, 3.8) is 0 Å². The van der Waals surface area contributed by atoms with Gasteiger partial charge >= 0.3 is 0 Å². The summed E-state index contributed by atoms with van der Waals surface area (Å²) in [6.07, 6.45) is 4.11. The number of hydrogen-bond donors (Lipinski definition) is 1. The van der Waals surface area contributed by atoms with Crippen molar-refractivity contribution < 1.29 is 0 Å². The van der Waals surface area contributed by atoms with Crippen LogP contribution in [0.2, 0.25) is 0 Å². The predicted molar refractivity (Wildman–Crippen MR) is 38.2 cm³/mol. The molecule has 0 radical (unpaired) electrons. The second kappa shape index (κ2) is 2.25. The summed E-state index contributed by atoms with van der Waals surface area (Å²) in [6, 6.07) is 2.78. The first-order chi connectivity index (χ1) is 4.90. The van der Waals surface area contributed by atoms with Gasteiger partial charge < -0.3 is 5.32 Å². The fraction of sp³-hybridized carbons (Fsp3) is 0.875. The van der Waals surface area contributed by atoms with Gasteiger partial charge in [0.15, 0.2) is 0 Å². The number of nitriles is 1.